The molecule has 1 aliphatic heterocycles. The molecule has 0 amide bonds. The summed E-state index contributed by atoms with van der Waals surface area (Å²) in [5.41, 5.74) is 7.13. The number of ether oxygens (including phenoxy) is 1. The largest absolute Gasteiger partial charge is 0.391 e. The number of nitrogens with zero attached hydrogens (tertiary/aromatic N) is 2. The van der Waals surface area contributed by atoms with Gasteiger partial charge in [-0.05, 0) is 73.8 Å². The highest BCUT2D eigenvalue weighted by atomic mass is 19.1. The Morgan fingerprint density at radius 1 is 1.29 bits per heavy atom. The number of rotatable bonds is 9. The van der Waals surface area contributed by atoms with Gasteiger partial charge in [0.25, 0.3) is 5.56 Å². The number of aliphatic hydroxyl groups excluding tert-OH is 1. The maximum Gasteiger partial charge on any atom is 0.257 e. The summed E-state index contributed by atoms with van der Waals surface area (Å²) in [7, 11) is 0. The highest BCUT2D eigenvalue weighted by Crippen LogP contribution is 2.51. The van der Waals surface area contributed by atoms with Crippen LogP contribution in [0.3, 0.4) is 0 Å². The van der Waals surface area contributed by atoms with E-state index in [0.717, 1.165) is 54.6 Å². The lowest BCUT2D eigenvalue weighted by Crippen LogP contribution is -2.36. The van der Waals surface area contributed by atoms with Gasteiger partial charge >= 0.3 is 0 Å². The molecule has 0 fully saturated rings. The third-order valence-corrected chi connectivity index (χ3v) is 9.08. The van der Waals surface area contributed by atoms with E-state index in [1.807, 2.05) is 13.0 Å². The van der Waals surface area contributed by atoms with Gasteiger partial charge in [-0.1, -0.05) is 32.8 Å². The lowest BCUT2D eigenvalue weighted by Gasteiger charge is -2.36. The fraction of sp³-hybridized carbons (Fsp3) is 0.548. The molecule has 3 atom stereocenters. The van der Waals surface area contributed by atoms with E-state index in [1.54, 1.807) is 10.6 Å². The molecule has 204 valence electrons. The van der Waals surface area contributed by atoms with Gasteiger partial charge in [-0.3, -0.25) is 4.79 Å². The molecule has 2 unspecified atom stereocenters. The molecule has 3 aliphatic rings. The minimum absolute atomic E-state index is 0.0451. The molecule has 6 nitrogen and oxygen atoms in total. The van der Waals surface area contributed by atoms with E-state index in [1.165, 1.54) is 16.7 Å². The Balaban J connectivity index is 1.71. The molecule has 2 aliphatic carbocycles. The molecule has 5 rings (SSSR count). The van der Waals surface area contributed by atoms with Gasteiger partial charge in [-0.25, -0.2) is 9.37 Å². The molecule has 0 radical (unpaired) electrons. The topological polar surface area (TPSA) is 84.6 Å². The van der Waals surface area contributed by atoms with Crippen LogP contribution in [0.2, 0.25) is 0 Å². The first-order valence-electron chi connectivity index (χ1n) is 14.0. The molecule has 0 saturated carbocycles. The zero-order valence-corrected chi connectivity index (χ0v) is 22.9. The van der Waals surface area contributed by atoms with Gasteiger partial charge in [0.2, 0.25) is 0 Å². The van der Waals surface area contributed by atoms with Crippen LogP contribution in [-0.4, -0.2) is 33.0 Å². The van der Waals surface area contributed by atoms with Crippen LogP contribution in [0.1, 0.15) is 99.2 Å². The summed E-state index contributed by atoms with van der Waals surface area (Å²) in [5.74, 6) is -0.0558. The molecular formula is C31H39FN2O4. The van der Waals surface area contributed by atoms with Gasteiger partial charge in [0.15, 0.2) is 0 Å². The monoisotopic (exact) mass is 522 g/mol. The van der Waals surface area contributed by atoms with E-state index in [9.17, 15) is 19.4 Å². The second-order valence-corrected chi connectivity index (χ2v) is 11.1. The highest BCUT2D eigenvalue weighted by molar-refractivity contribution is 5.81. The molecule has 2 aromatic rings. The molecule has 0 saturated heterocycles. The van der Waals surface area contributed by atoms with Crippen LogP contribution in [0.4, 0.5) is 4.39 Å². The third-order valence-electron chi connectivity index (χ3n) is 9.08. The van der Waals surface area contributed by atoms with Crippen LogP contribution < -0.4 is 5.56 Å². The SMILES string of the molecule is CCCCOCC(O)(CC)c1cc2n(c(=O)c1CO)Cc1c-2nc2c3c1CCCC3=C(C)[C@@H](C)C2/C=C/F. The lowest BCUT2D eigenvalue weighted by atomic mass is 9.69. The summed E-state index contributed by atoms with van der Waals surface area (Å²) in [5, 5.41) is 21.9. The van der Waals surface area contributed by atoms with E-state index in [2.05, 4.69) is 20.8 Å². The molecule has 0 bridgehead atoms. The van der Waals surface area contributed by atoms with Gasteiger partial charge in [-0.2, -0.15) is 0 Å². The van der Waals surface area contributed by atoms with Crippen molar-refractivity contribution in [1.29, 1.82) is 0 Å². The van der Waals surface area contributed by atoms with Crippen molar-refractivity contribution in [1.82, 2.24) is 9.55 Å². The van der Waals surface area contributed by atoms with Crippen LogP contribution in [0, 0.1) is 5.92 Å². The molecule has 0 aromatic carbocycles. The van der Waals surface area contributed by atoms with Crippen molar-refractivity contribution in [3.8, 4) is 11.4 Å². The van der Waals surface area contributed by atoms with E-state index in [0.29, 0.717) is 37.2 Å². The average Bonchev–Trinajstić information content (AvgIpc) is 3.31. The van der Waals surface area contributed by atoms with Crippen molar-refractivity contribution < 1.29 is 19.3 Å². The molecule has 7 heteroatoms. The van der Waals surface area contributed by atoms with Crippen molar-refractivity contribution in [2.75, 3.05) is 13.2 Å². The zero-order valence-electron chi connectivity index (χ0n) is 22.9. The summed E-state index contributed by atoms with van der Waals surface area (Å²) in [6.45, 7) is 8.69. The number of aromatic nitrogens is 2. The predicted octanol–water partition coefficient (Wildman–Crippen LogP) is 5.50. The Morgan fingerprint density at radius 3 is 2.76 bits per heavy atom. The van der Waals surface area contributed by atoms with Crippen molar-refractivity contribution in [2.45, 2.75) is 90.9 Å². The number of hydrogen-bond acceptors (Lipinski definition) is 5. The van der Waals surface area contributed by atoms with Gasteiger partial charge in [-0.15, -0.1) is 0 Å². The highest BCUT2D eigenvalue weighted by Gasteiger charge is 2.40. The molecule has 38 heavy (non-hydrogen) atoms. The normalized spacial score (nSPS) is 21.4. The quantitative estimate of drug-likeness (QED) is 0.362. The van der Waals surface area contributed by atoms with Gasteiger partial charge in [0, 0.05) is 29.2 Å². The van der Waals surface area contributed by atoms with E-state index >= 15 is 0 Å². The first-order chi connectivity index (χ1) is 18.3. The zero-order chi connectivity index (χ0) is 27.2. The van der Waals surface area contributed by atoms with Crippen LogP contribution in [0.25, 0.3) is 17.0 Å². The van der Waals surface area contributed by atoms with Crippen molar-refractivity contribution in [3.05, 3.63) is 67.9 Å². The van der Waals surface area contributed by atoms with Crippen molar-refractivity contribution in [2.24, 2.45) is 5.92 Å². The summed E-state index contributed by atoms with van der Waals surface area (Å²) in [4.78, 5) is 18.9. The first kappa shape index (κ1) is 27.0. The molecule has 2 aromatic heterocycles. The summed E-state index contributed by atoms with van der Waals surface area (Å²) >= 11 is 0. The van der Waals surface area contributed by atoms with Crippen LogP contribution in [0.15, 0.2) is 28.8 Å². The molecule has 2 N–H and O–H groups in total. The van der Waals surface area contributed by atoms with E-state index < -0.39 is 12.2 Å². The first-order valence-corrected chi connectivity index (χ1v) is 14.0. The maximum atomic E-state index is 13.7. The summed E-state index contributed by atoms with van der Waals surface area (Å²) in [6, 6.07) is 1.83. The van der Waals surface area contributed by atoms with Crippen molar-refractivity contribution in [3.63, 3.8) is 0 Å². The van der Waals surface area contributed by atoms with E-state index in [4.69, 9.17) is 9.72 Å². The molecule has 0 spiro atoms. The van der Waals surface area contributed by atoms with Crippen molar-refractivity contribution >= 4 is 5.57 Å². The number of aliphatic hydroxyl groups is 2. The Bertz CT molecular complexity index is 1380. The number of halogens is 1. The fourth-order valence-electron chi connectivity index (χ4n) is 6.63. The number of allylic oxidation sites excluding steroid dienone is 3. The Morgan fingerprint density at radius 2 is 2.08 bits per heavy atom. The van der Waals surface area contributed by atoms with Gasteiger partial charge in [0.1, 0.15) is 5.60 Å². The van der Waals surface area contributed by atoms with Crippen LogP contribution in [0.5, 0.6) is 0 Å². The smallest absolute Gasteiger partial charge is 0.257 e. The Kier molecular flexibility index (Phi) is 7.46. The Labute approximate surface area is 223 Å². The molecular weight excluding hydrogens is 483 g/mol. The van der Waals surface area contributed by atoms with Gasteiger partial charge < -0.3 is 19.5 Å². The van der Waals surface area contributed by atoms with Gasteiger partial charge in [0.05, 0.1) is 43.2 Å². The second kappa shape index (κ2) is 10.5. The van der Waals surface area contributed by atoms with Crippen LogP contribution in [-0.2, 0) is 29.9 Å². The predicted molar refractivity (Wildman–Crippen MR) is 147 cm³/mol. The lowest BCUT2D eigenvalue weighted by molar-refractivity contribution is -0.0552. The Hall–Kier alpha value is -2.61. The average molecular weight is 523 g/mol. The minimum Gasteiger partial charge on any atom is -0.391 e. The minimum atomic E-state index is -1.41. The number of hydrogen-bond donors (Lipinski definition) is 2. The standard InChI is InChI=1S/C31H39FN2O4/c1-5-7-13-38-17-31(37,6-2)25-14-26-28-23(15-34(26)30(36)24(25)16-35)22-10-8-9-20-18(3)19(4)21(11-12-32)29(33-28)27(20)22/h11-12,14,19,21,35,37H,5-10,13,15-17H2,1-4H3/b12-11+/t19-,21?,31?/m1/s1. The maximum absolute atomic E-state index is 13.7. The second-order valence-electron chi connectivity index (χ2n) is 11.1. The number of fused-ring (bicyclic) bond motifs is 4. The summed E-state index contributed by atoms with van der Waals surface area (Å²) < 4.78 is 21.0. The summed E-state index contributed by atoms with van der Waals surface area (Å²) in [6.07, 6.45) is 7.30. The third kappa shape index (κ3) is 4.10. The number of pyridine rings is 2. The van der Waals surface area contributed by atoms with E-state index in [-0.39, 0.29) is 29.6 Å². The van der Waals surface area contributed by atoms with Crippen LogP contribution >= 0.6 is 0 Å². The number of unbranched alkanes of at least 4 members (excludes halogenated alkanes) is 1. The fourth-order valence-corrected chi connectivity index (χ4v) is 6.63. The molecule has 3 heterocycles.